The molecule has 16 heavy (non-hydrogen) atoms. The van der Waals surface area contributed by atoms with Crippen LogP contribution in [-0.2, 0) is 6.54 Å². The molecule has 0 spiro atoms. The highest BCUT2D eigenvalue weighted by atomic mass is 15.1. The van der Waals surface area contributed by atoms with E-state index in [0.717, 1.165) is 16.5 Å². The lowest BCUT2D eigenvalue weighted by Gasteiger charge is -1.95. The predicted octanol–water partition coefficient (Wildman–Crippen LogP) is 1.55. The van der Waals surface area contributed by atoms with E-state index in [1.165, 1.54) is 0 Å². The van der Waals surface area contributed by atoms with Gasteiger partial charge in [0, 0.05) is 5.39 Å². The molecule has 76 valence electrons. The Morgan fingerprint density at radius 1 is 1.38 bits per heavy atom. The van der Waals surface area contributed by atoms with E-state index in [1.54, 1.807) is 18.3 Å². The van der Waals surface area contributed by atoms with Crippen molar-refractivity contribution in [3.63, 3.8) is 0 Å². The van der Waals surface area contributed by atoms with Gasteiger partial charge < -0.3 is 0 Å². The standard InChI is InChI=1S/C11H7N5/c12-4-10(5-13)14-6-8-1-2-9-7-15-16-11(9)3-8/h1-3,7H,6H2,(H,15,16). The van der Waals surface area contributed by atoms with Crippen LogP contribution in [0.3, 0.4) is 0 Å². The number of rotatable bonds is 2. The molecular weight excluding hydrogens is 202 g/mol. The molecular formula is C11H7N5. The molecule has 2 rings (SSSR count). The molecule has 1 aromatic carbocycles. The van der Waals surface area contributed by atoms with Gasteiger partial charge in [-0.15, -0.1) is 0 Å². The van der Waals surface area contributed by atoms with Gasteiger partial charge in [0.2, 0.25) is 5.71 Å². The normalized spacial score (nSPS) is 9.38. The molecule has 0 saturated carbocycles. The summed E-state index contributed by atoms with van der Waals surface area (Å²) in [5.41, 5.74) is 1.74. The minimum atomic E-state index is -0.107. The van der Waals surface area contributed by atoms with Crippen molar-refractivity contribution in [3.8, 4) is 12.1 Å². The van der Waals surface area contributed by atoms with Crippen molar-refractivity contribution in [1.29, 1.82) is 10.5 Å². The van der Waals surface area contributed by atoms with Gasteiger partial charge in [-0.05, 0) is 11.6 Å². The van der Waals surface area contributed by atoms with Gasteiger partial charge >= 0.3 is 0 Å². The summed E-state index contributed by atoms with van der Waals surface area (Å²) < 4.78 is 0. The van der Waals surface area contributed by atoms with E-state index in [2.05, 4.69) is 15.2 Å². The Morgan fingerprint density at radius 3 is 2.94 bits per heavy atom. The second-order valence-electron chi connectivity index (χ2n) is 3.18. The van der Waals surface area contributed by atoms with Crippen molar-refractivity contribution >= 4 is 16.6 Å². The van der Waals surface area contributed by atoms with Crippen LogP contribution < -0.4 is 0 Å². The number of aromatic nitrogens is 2. The van der Waals surface area contributed by atoms with Crippen molar-refractivity contribution in [2.75, 3.05) is 0 Å². The van der Waals surface area contributed by atoms with Crippen LogP contribution in [0, 0.1) is 22.7 Å². The maximum atomic E-state index is 8.52. The molecule has 0 unspecified atom stereocenters. The van der Waals surface area contributed by atoms with Crippen LogP contribution >= 0.6 is 0 Å². The second kappa shape index (κ2) is 4.24. The molecule has 1 aromatic heterocycles. The minimum Gasteiger partial charge on any atom is -0.278 e. The molecule has 0 radical (unpaired) electrons. The summed E-state index contributed by atoms with van der Waals surface area (Å²) in [6.45, 7) is 0.325. The largest absolute Gasteiger partial charge is 0.278 e. The van der Waals surface area contributed by atoms with Gasteiger partial charge in [-0.1, -0.05) is 12.1 Å². The van der Waals surface area contributed by atoms with Gasteiger partial charge in [-0.25, -0.2) is 0 Å². The zero-order chi connectivity index (χ0) is 11.4. The number of aromatic amines is 1. The zero-order valence-corrected chi connectivity index (χ0v) is 8.31. The van der Waals surface area contributed by atoms with Crippen LogP contribution in [0.15, 0.2) is 29.4 Å². The summed E-state index contributed by atoms with van der Waals surface area (Å²) in [6.07, 6.45) is 1.73. The van der Waals surface area contributed by atoms with Crippen LogP contribution in [0.2, 0.25) is 0 Å². The highest BCUT2D eigenvalue weighted by molar-refractivity contribution is 6.10. The third-order valence-electron chi connectivity index (χ3n) is 2.14. The molecule has 5 heteroatoms. The molecule has 5 nitrogen and oxygen atoms in total. The van der Waals surface area contributed by atoms with Gasteiger partial charge in [0.25, 0.3) is 0 Å². The lowest BCUT2D eigenvalue weighted by atomic mass is 10.2. The highest BCUT2D eigenvalue weighted by Gasteiger charge is 1.98. The molecule has 0 aliphatic carbocycles. The lowest BCUT2D eigenvalue weighted by molar-refractivity contribution is 1.07. The predicted molar refractivity (Wildman–Crippen MR) is 58.5 cm³/mol. The Labute approximate surface area is 91.7 Å². The fourth-order valence-corrected chi connectivity index (χ4v) is 1.35. The first-order valence-corrected chi connectivity index (χ1v) is 4.60. The summed E-state index contributed by atoms with van der Waals surface area (Å²) in [7, 11) is 0. The molecule has 1 N–H and O–H groups in total. The summed E-state index contributed by atoms with van der Waals surface area (Å²) in [6, 6.07) is 9.16. The maximum absolute atomic E-state index is 8.52. The number of nitrogens with one attached hydrogen (secondary N) is 1. The zero-order valence-electron chi connectivity index (χ0n) is 8.31. The van der Waals surface area contributed by atoms with E-state index in [9.17, 15) is 0 Å². The number of hydrogen-bond acceptors (Lipinski definition) is 4. The second-order valence-corrected chi connectivity index (χ2v) is 3.18. The van der Waals surface area contributed by atoms with Gasteiger partial charge in [-0.3, -0.25) is 10.1 Å². The van der Waals surface area contributed by atoms with Gasteiger partial charge in [0.1, 0.15) is 12.1 Å². The van der Waals surface area contributed by atoms with Crippen molar-refractivity contribution in [1.82, 2.24) is 10.2 Å². The number of fused-ring (bicyclic) bond motifs is 1. The van der Waals surface area contributed by atoms with Gasteiger partial charge in [0.15, 0.2) is 0 Å². The SMILES string of the molecule is N#CC(C#N)=NCc1ccc2cn[nH]c2c1. The molecule has 0 aliphatic heterocycles. The first-order chi connectivity index (χ1) is 7.83. The molecule has 1 heterocycles. The van der Waals surface area contributed by atoms with E-state index in [-0.39, 0.29) is 5.71 Å². The highest BCUT2D eigenvalue weighted by Crippen LogP contribution is 2.13. The van der Waals surface area contributed by atoms with Gasteiger partial charge in [-0.2, -0.15) is 15.6 Å². The quantitative estimate of drug-likeness (QED) is 0.761. The van der Waals surface area contributed by atoms with E-state index in [1.807, 2.05) is 18.2 Å². The number of H-pyrrole nitrogens is 1. The van der Waals surface area contributed by atoms with Crippen LogP contribution in [0.5, 0.6) is 0 Å². The number of hydrogen-bond donors (Lipinski definition) is 1. The average molecular weight is 209 g/mol. The van der Waals surface area contributed by atoms with E-state index in [4.69, 9.17) is 10.5 Å². The van der Waals surface area contributed by atoms with Crippen molar-refractivity contribution in [2.24, 2.45) is 4.99 Å². The van der Waals surface area contributed by atoms with Crippen molar-refractivity contribution in [2.45, 2.75) is 6.54 Å². The Bertz CT molecular complexity index is 608. The van der Waals surface area contributed by atoms with Crippen molar-refractivity contribution < 1.29 is 0 Å². The number of aliphatic imine (C=N–C) groups is 1. The Kier molecular flexibility index (Phi) is 2.62. The van der Waals surface area contributed by atoms with Gasteiger partial charge in [0.05, 0.1) is 18.3 Å². The van der Waals surface area contributed by atoms with Crippen molar-refractivity contribution in [3.05, 3.63) is 30.0 Å². The summed E-state index contributed by atoms with van der Waals surface area (Å²) in [5, 5.41) is 24.8. The topological polar surface area (TPSA) is 88.6 Å². The summed E-state index contributed by atoms with van der Waals surface area (Å²) in [4.78, 5) is 3.88. The van der Waals surface area contributed by atoms with Crippen LogP contribution in [0.4, 0.5) is 0 Å². The van der Waals surface area contributed by atoms with E-state index >= 15 is 0 Å². The third-order valence-corrected chi connectivity index (χ3v) is 2.14. The molecule has 0 aliphatic rings. The number of benzene rings is 1. The van der Waals surface area contributed by atoms with E-state index < -0.39 is 0 Å². The number of nitrogens with zero attached hydrogens (tertiary/aromatic N) is 4. The molecule has 0 atom stereocenters. The lowest BCUT2D eigenvalue weighted by Crippen LogP contribution is -1.90. The average Bonchev–Trinajstić information content (AvgIpc) is 2.77. The minimum absolute atomic E-state index is 0.107. The van der Waals surface area contributed by atoms with Crippen LogP contribution in [0.25, 0.3) is 10.9 Å². The molecule has 0 amide bonds. The maximum Gasteiger partial charge on any atom is 0.213 e. The Morgan fingerprint density at radius 2 is 2.19 bits per heavy atom. The Balaban J connectivity index is 2.26. The molecule has 0 saturated heterocycles. The summed E-state index contributed by atoms with van der Waals surface area (Å²) >= 11 is 0. The Hall–Kier alpha value is -2.66. The smallest absolute Gasteiger partial charge is 0.213 e. The van der Waals surface area contributed by atoms with Crippen LogP contribution in [-0.4, -0.2) is 15.9 Å². The molecule has 0 bridgehead atoms. The van der Waals surface area contributed by atoms with E-state index in [0.29, 0.717) is 6.54 Å². The summed E-state index contributed by atoms with van der Waals surface area (Å²) in [5.74, 6) is 0. The fraction of sp³-hybridized carbons (Fsp3) is 0.0909. The fourth-order valence-electron chi connectivity index (χ4n) is 1.35. The van der Waals surface area contributed by atoms with Crippen LogP contribution in [0.1, 0.15) is 5.56 Å². The molecule has 2 aromatic rings. The number of nitriles is 2. The third kappa shape index (κ3) is 1.89. The first kappa shape index (κ1) is 9.88. The monoisotopic (exact) mass is 209 g/mol. The molecule has 0 fully saturated rings. The first-order valence-electron chi connectivity index (χ1n) is 4.60.